The van der Waals surface area contributed by atoms with Crippen LogP contribution in [0.1, 0.15) is 11.1 Å². The Balaban J connectivity index is 1.60. The third-order valence-corrected chi connectivity index (χ3v) is 4.65. The van der Waals surface area contributed by atoms with E-state index in [1.54, 1.807) is 30.3 Å². The van der Waals surface area contributed by atoms with Crippen LogP contribution in [0.15, 0.2) is 53.9 Å². The predicted octanol–water partition coefficient (Wildman–Crippen LogP) is 3.68. The van der Waals surface area contributed by atoms with E-state index in [4.69, 9.17) is 32.7 Å². The number of aromatic nitrogens is 2. The number of carbonyl (C=O) groups is 1. The van der Waals surface area contributed by atoms with Crippen molar-refractivity contribution in [3.8, 4) is 11.5 Å². The van der Waals surface area contributed by atoms with Crippen LogP contribution >= 0.6 is 23.2 Å². The Morgan fingerprint density at radius 2 is 2.06 bits per heavy atom. The summed E-state index contributed by atoms with van der Waals surface area (Å²) in [6.45, 7) is -0.0363. The fraction of sp³-hybridized carbons (Fsp3) is 0.150. The SMILES string of the molecule is COc1ccc(C=NNC(=O)COc2ccc(Cl)cc2Cl)cc1Cn1cc([N+](=O)[O-])cn1. The molecule has 1 heterocycles. The molecule has 32 heavy (non-hydrogen) atoms. The molecular formula is C20H17Cl2N5O5. The normalized spacial score (nSPS) is 10.8. The van der Waals surface area contributed by atoms with Crippen molar-refractivity contribution in [3.63, 3.8) is 0 Å². The molecule has 0 saturated carbocycles. The third kappa shape index (κ3) is 6.19. The maximum absolute atomic E-state index is 11.9. The van der Waals surface area contributed by atoms with Crippen LogP contribution in [0.5, 0.6) is 11.5 Å². The molecule has 0 radical (unpaired) electrons. The fourth-order valence-electron chi connectivity index (χ4n) is 2.66. The number of rotatable bonds is 9. The molecule has 3 aromatic rings. The predicted molar refractivity (Wildman–Crippen MR) is 119 cm³/mol. The first-order valence-corrected chi connectivity index (χ1v) is 9.85. The van der Waals surface area contributed by atoms with E-state index < -0.39 is 10.8 Å². The molecule has 12 heteroatoms. The second kappa shape index (κ2) is 10.6. The van der Waals surface area contributed by atoms with Crippen LogP contribution in [0.2, 0.25) is 10.0 Å². The van der Waals surface area contributed by atoms with Crippen molar-refractivity contribution in [2.45, 2.75) is 6.54 Å². The van der Waals surface area contributed by atoms with Gasteiger partial charge in [-0.15, -0.1) is 0 Å². The van der Waals surface area contributed by atoms with Gasteiger partial charge in [0.25, 0.3) is 5.91 Å². The van der Waals surface area contributed by atoms with E-state index in [1.165, 1.54) is 36.5 Å². The van der Waals surface area contributed by atoms with E-state index >= 15 is 0 Å². The molecule has 1 amide bonds. The molecule has 1 N–H and O–H groups in total. The zero-order valence-electron chi connectivity index (χ0n) is 16.7. The quantitative estimate of drug-likeness (QED) is 0.285. The lowest BCUT2D eigenvalue weighted by Gasteiger charge is -2.09. The van der Waals surface area contributed by atoms with Gasteiger partial charge in [-0.2, -0.15) is 10.2 Å². The topological polar surface area (TPSA) is 121 Å². The second-order valence-electron chi connectivity index (χ2n) is 6.38. The van der Waals surface area contributed by atoms with Gasteiger partial charge in [-0.1, -0.05) is 23.2 Å². The number of hydrogen-bond donors (Lipinski definition) is 1. The molecule has 0 unspecified atom stereocenters. The van der Waals surface area contributed by atoms with Gasteiger partial charge in [0.1, 0.15) is 23.9 Å². The fourth-order valence-corrected chi connectivity index (χ4v) is 3.12. The Hall–Kier alpha value is -3.63. The molecule has 0 spiro atoms. The monoisotopic (exact) mass is 477 g/mol. The number of hydrazone groups is 1. The number of ether oxygens (including phenoxy) is 2. The maximum Gasteiger partial charge on any atom is 0.307 e. The number of benzene rings is 2. The molecule has 1 aromatic heterocycles. The molecule has 2 aromatic carbocycles. The molecule has 0 bridgehead atoms. The van der Waals surface area contributed by atoms with E-state index in [2.05, 4.69) is 15.6 Å². The van der Waals surface area contributed by atoms with Crippen LogP contribution in [0.25, 0.3) is 0 Å². The second-order valence-corrected chi connectivity index (χ2v) is 7.22. The zero-order valence-corrected chi connectivity index (χ0v) is 18.2. The summed E-state index contributed by atoms with van der Waals surface area (Å²) in [5, 5.41) is 19.5. The molecule has 0 saturated heterocycles. The molecule has 0 aliphatic carbocycles. The number of amides is 1. The van der Waals surface area contributed by atoms with Crippen molar-refractivity contribution in [1.29, 1.82) is 0 Å². The summed E-state index contributed by atoms with van der Waals surface area (Å²) < 4.78 is 12.1. The summed E-state index contributed by atoms with van der Waals surface area (Å²) in [5.41, 5.74) is 3.65. The first-order valence-electron chi connectivity index (χ1n) is 9.09. The van der Waals surface area contributed by atoms with Crippen LogP contribution in [0, 0.1) is 10.1 Å². The van der Waals surface area contributed by atoms with Crippen molar-refractivity contribution in [2.75, 3.05) is 13.7 Å². The van der Waals surface area contributed by atoms with Crippen molar-refractivity contribution in [3.05, 3.63) is 80.1 Å². The Bertz CT molecular complexity index is 1170. The lowest BCUT2D eigenvalue weighted by Crippen LogP contribution is -2.24. The van der Waals surface area contributed by atoms with Gasteiger partial charge >= 0.3 is 5.69 Å². The van der Waals surface area contributed by atoms with Crippen molar-refractivity contribution in [1.82, 2.24) is 15.2 Å². The number of carbonyl (C=O) groups excluding carboxylic acids is 1. The highest BCUT2D eigenvalue weighted by molar-refractivity contribution is 6.35. The molecule has 0 aliphatic rings. The van der Waals surface area contributed by atoms with Crippen molar-refractivity contribution in [2.24, 2.45) is 5.10 Å². The van der Waals surface area contributed by atoms with Gasteiger partial charge in [0.05, 0.1) is 29.8 Å². The summed E-state index contributed by atoms with van der Waals surface area (Å²) in [7, 11) is 1.52. The number of hydrogen-bond acceptors (Lipinski definition) is 7. The summed E-state index contributed by atoms with van der Waals surface area (Å²) in [5.74, 6) is 0.427. The maximum atomic E-state index is 11.9. The van der Waals surface area contributed by atoms with E-state index in [-0.39, 0.29) is 18.8 Å². The van der Waals surface area contributed by atoms with Gasteiger partial charge < -0.3 is 9.47 Å². The number of halogens is 2. The molecule has 0 atom stereocenters. The minimum Gasteiger partial charge on any atom is -0.496 e. The van der Waals surface area contributed by atoms with Crippen LogP contribution in [0.3, 0.4) is 0 Å². The van der Waals surface area contributed by atoms with Crippen molar-refractivity contribution >= 4 is 41.0 Å². The Morgan fingerprint density at radius 3 is 2.75 bits per heavy atom. The Morgan fingerprint density at radius 1 is 1.28 bits per heavy atom. The zero-order chi connectivity index (χ0) is 23.1. The smallest absolute Gasteiger partial charge is 0.307 e. The van der Waals surface area contributed by atoms with E-state index in [0.29, 0.717) is 27.1 Å². The van der Waals surface area contributed by atoms with Gasteiger partial charge in [-0.05, 0) is 42.0 Å². The number of nitrogens with one attached hydrogen (secondary N) is 1. The first kappa shape index (κ1) is 23.0. The summed E-state index contributed by atoms with van der Waals surface area (Å²) in [6.07, 6.45) is 3.95. The largest absolute Gasteiger partial charge is 0.496 e. The minimum atomic E-state index is -0.517. The minimum absolute atomic E-state index is 0.105. The number of nitro groups is 1. The van der Waals surface area contributed by atoms with Crippen LogP contribution in [-0.4, -0.2) is 40.5 Å². The van der Waals surface area contributed by atoms with Crippen LogP contribution in [0.4, 0.5) is 5.69 Å². The van der Waals surface area contributed by atoms with Gasteiger partial charge in [0.2, 0.25) is 0 Å². The van der Waals surface area contributed by atoms with E-state index in [0.717, 1.165) is 5.56 Å². The van der Waals surface area contributed by atoms with Gasteiger partial charge in [0, 0.05) is 10.6 Å². The molecule has 10 nitrogen and oxygen atoms in total. The molecule has 166 valence electrons. The van der Waals surface area contributed by atoms with E-state index in [1.807, 2.05) is 0 Å². The van der Waals surface area contributed by atoms with Gasteiger partial charge in [-0.3, -0.25) is 19.6 Å². The molecular weight excluding hydrogens is 461 g/mol. The molecule has 3 rings (SSSR count). The van der Waals surface area contributed by atoms with E-state index in [9.17, 15) is 14.9 Å². The van der Waals surface area contributed by atoms with Crippen LogP contribution < -0.4 is 14.9 Å². The number of methoxy groups -OCH3 is 1. The Kier molecular flexibility index (Phi) is 7.63. The Labute approximate surface area is 192 Å². The molecule has 0 fully saturated rings. The van der Waals surface area contributed by atoms with Gasteiger partial charge in [0.15, 0.2) is 6.61 Å². The summed E-state index contributed by atoms with van der Waals surface area (Å²) in [4.78, 5) is 22.3. The highest BCUT2D eigenvalue weighted by Gasteiger charge is 2.11. The summed E-state index contributed by atoms with van der Waals surface area (Å²) in [6, 6.07) is 9.91. The number of nitrogens with zero attached hydrogens (tertiary/aromatic N) is 4. The lowest BCUT2D eigenvalue weighted by atomic mass is 10.1. The van der Waals surface area contributed by atoms with Gasteiger partial charge in [-0.25, -0.2) is 5.43 Å². The van der Waals surface area contributed by atoms with Crippen molar-refractivity contribution < 1.29 is 19.2 Å². The molecule has 0 aliphatic heterocycles. The third-order valence-electron chi connectivity index (χ3n) is 4.12. The average Bonchev–Trinajstić information content (AvgIpc) is 3.22. The highest BCUT2D eigenvalue weighted by atomic mass is 35.5. The van der Waals surface area contributed by atoms with Crippen LogP contribution in [-0.2, 0) is 11.3 Å². The average molecular weight is 478 g/mol. The standard InChI is InChI=1S/C20H17Cl2N5O5/c1-31-18-4-2-13(6-14(18)10-26-11-16(9-24-26)27(29)30)8-23-25-20(28)12-32-19-5-3-15(21)7-17(19)22/h2-9,11H,10,12H2,1H3,(H,25,28). The highest BCUT2D eigenvalue weighted by Crippen LogP contribution is 2.27. The lowest BCUT2D eigenvalue weighted by molar-refractivity contribution is -0.385. The summed E-state index contributed by atoms with van der Waals surface area (Å²) >= 11 is 11.8. The first-order chi connectivity index (χ1) is 15.4.